The number of aryl methyl sites for hydroxylation is 1. The van der Waals surface area contributed by atoms with Gasteiger partial charge in [0.05, 0.1) is 17.3 Å². The lowest BCUT2D eigenvalue weighted by Crippen LogP contribution is -2.12. The summed E-state index contributed by atoms with van der Waals surface area (Å²) in [4.78, 5) is 0. The molecule has 0 amide bonds. The highest BCUT2D eigenvalue weighted by Crippen LogP contribution is 2.14. The third kappa shape index (κ3) is 1.10. The number of nitrogens with zero attached hydrogens (tertiary/aromatic N) is 3. The highest BCUT2D eigenvalue weighted by Gasteiger charge is 2.09. The van der Waals surface area contributed by atoms with Crippen molar-refractivity contribution in [2.45, 2.75) is 6.92 Å². The van der Waals surface area contributed by atoms with E-state index in [-0.39, 0.29) is 5.84 Å². The first-order chi connectivity index (χ1) is 6.74. The second-order valence-electron chi connectivity index (χ2n) is 3.03. The molecule has 72 valence electrons. The summed E-state index contributed by atoms with van der Waals surface area (Å²) < 4.78 is 1.70. The second kappa shape index (κ2) is 3.02. The van der Waals surface area contributed by atoms with Crippen molar-refractivity contribution in [2.24, 2.45) is 10.9 Å². The largest absolute Gasteiger partial charge is 0.409 e. The lowest BCUT2D eigenvalue weighted by atomic mass is 10.2. The number of rotatable bonds is 1. The van der Waals surface area contributed by atoms with E-state index in [2.05, 4.69) is 10.3 Å². The number of fused-ring (bicyclic) bond motifs is 1. The van der Waals surface area contributed by atoms with Gasteiger partial charge < -0.3 is 10.9 Å². The van der Waals surface area contributed by atoms with Gasteiger partial charge in [-0.2, -0.15) is 5.10 Å². The number of hydrogen-bond donors (Lipinski definition) is 2. The molecule has 0 aliphatic heterocycles. The number of pyridine rings is 1. The van der Waals surface area contributed by atoms with Gasteiger partial charge in [-0.15, -0.1) is 0 Å². The zero-order valence-corrected chi connectivity index (χ0v) is 7.68. The van der Waals surface area contributed by atoms with E-state index in [1.54, 1.807) is 10.7 Å². The average Bonchev–Trinajstić information content (AvgIpc) is 2.62. The first kappa shape index (κ1) is 8.55. The summed E-state index contributed by atoms with van der Waals surface area (Å²) in [5.74, 6) is 0.0781. The molecule has 0 saturated heterocycles. The van der Waals surface area contributed by atoms with Gasteiger partial charge in [0.2, 0.25) is 0 Å². The molecule has 2 heterocycles. The van der Waals surface area contributed by atoms with Crippen molar-refractivity contribution in [2.75, 3.05) is 0 Å². The molecular weight excluding hydrogens is 180 g/mol. The Morgan fingerprint density at radius 1 is 1.64 bits per heavy atom. The van der Waals surface area contributed by atoms with Gasteiger partial charge in [0.1, 0.15) is 0 Å². The molecule has 0 unspecified atom stereocenters. The fraction of sp³-hybridized carbons (Fsp3) is 0.111. The van der Waals surface area contributed by atoms with Crippen LogP contribution >= 0.6 is 0 Å². The second-order valence-corrected chi connectivity index (χ2v) is 3.03. The van der Waals surface area contributed by atoms with E-state index in [4.69, 9.17) is 10.9 Å². The maximum absolute atomic E-state index is 8.58. The van der Waals surface area contributed by atoms with Crippen LogP contribution in [0.5, 0.6) is 0 Å². The van der Waals surface area contributed by atoms with E-state index in [0.29, 0.717) is 5.56 Å². The van der Waals surface area contributed by atoms with Crippen molar-refractivity contribution in [1.29, 1.82) is 0 Å². The van der Waals surface area contributed by atoms with Gasteiger partial charge in [0.25, 0.3) is 0 Å². The van der Waals surface area contributed by atoms with Crippen LogP contribution < -0.4 is 5.73 Å². The normalized spacial score (nSPS) is 12.2. The summed E-state index contributed by atoms with van der Waals surface area (Å²) in [5, 5.41) is 15.6. The van der Waals surface area contributed by atoms with E-state index in [0.717, 1.165) is 11.1 Å². The summed E-state index contributed by atoms with van der Waals surface area (Å²) >= 11 is 0. The van der Waals surface area contributed by atoms with E-state index >= 15 is 0 Å². The number of oxime groups is 1. The number of aromatic nitrogens is 2. The summed E-state index contributed by atoms with van der Waals surface area (Å²) in [5.41, 5.74) is 8.06. The molecule has 5 heteroatoms. The van der Waals surface area contributed by atoms with Gasteiger partial charge in [0.15, 0.2) is 5.84 Å². The van der Waals surface area contributed by atoms with Crippen LogP contribution in [-0.4, -0.2) is 20.7 Å². The molecule has 0 bridgehead atoms. The van der Waals surface area contributed by atoms with Crippen LogP contribution in [0.2, 0.25) is 0 Å². The molecule has 0 aromatic carbocycles. The molecule has 3 N–H and O–H groups in total. The lowest BCUT2D eigenvalue weighted by Gasteiger charge is -1.99. The zero-order valence-electron chi connectivity index (χ0n) is 7.68. The molecule has 0 radical (unpaired) electrons. The first-order valence-corrected chi connectivity index (χ1v) is 4.15. The fourth-order valence-electron chi connectivity index (χ4n) is 1.46. The van der Waals surface area contributed by atoms with E-state index in [9.17, 15) is 0 Å². The summed E-state index contributed by atoms with van der Waals surface area (Å²) in [6.45, 7) is 1.95. The van der Waals surface area contributed by atoms with Gasteiger partial charge in [0, 0.05) is 6.20 Å². The third-order valence-electron chi connectivity index (χ3n) is 2.13. The summed E-state index contributed by atoms with van der Waals surface area (Å²) in [6.07, 6.45) is 3.40. The smallest absolute Gasteiger partial charge is 0.173 e. The molecule has 0 saturated carbocycles. The van der Waals surface area contributed by atoms with Crippen molar-refractivity contribution in [3.63, 3.8) is 0 Å². The molecular formula is C9H10N4O. The highest BCUT2D eigenvalue weighted by molar-refractivity contribution is 6.03. The van der Waals surface area contributed by atoms with Crippen LogP contribution in [0, 0.1) is 6.92 Å². The molecule has 0 aliphatic carbocycles. The van der Waals surface area contributed by atoms with Crippen LogP contribution in [0.3, 0.4) is 0 Å². The molecule has 0 spiro atoms. The van der Waals surface area contributed by atoms with Gasteiger partial charge in [-0.05, 0) is 18.6 Å². The minimum absolute atomic E-state index is 0.0781. The lowest BCUT2D eigenvalue weighted by molar-refractivity contribution is 0.318. The molecule has 5 nitrogen and oxygen atoms in total. The summed E-state index contributed by atoms with van der Waals surface area (Å²) in [6, 6.07) is 3.84. The van der Waals surface area contributed by atoms with Gasteiger partial charge in [-0.3, -0.25) is 0 Å². The van der Waals surface area contributed by atoms with Crippen LogP contribution in [0.4, 0.5) is 0 Å². The van der Waals surface area contributed by atoms with Gasteiger partial charge in [-0.25, -0.2) is 4.52 Å². The van der Waals surface area contributed by atoms with E-state index < -0.39 is 0 Å². The monoisotopic (exact) mass is 190 g/mol. The molecule has 0 aliphatic rings. The molecule has 2 rings (SSSR count). The Morgan fingerprint density at radius 3 is 3.14 bits per heavy atom. The maximum atomic E-state index is 8.58. The van der Waals surface area contributed by atoms with Crippen molar-refractivity contribution in [3.05, 3.63) is 35.7 Å². The third-order valence-corrected chi connectivity index (χ3v) is 2.13. The Kier molecular flexibility index (Phi) is 1.85. The van der Waals surface area contributed by atoms with Crippen LogP contribution in [0.15, 0.2) is 29.7 Å². The van der Waals surface area contributed by atoms with Gasteiger partial charge in [-0.1, -0.05) is 11.2 Å². The standard InChI is InChI=1S/C9H10N4O/c1-6-3-2-4-13-8(6)7(5-11-13)9(10)12-14/h2-5,14H,1H3,(H2,10,12). The van der Waals surface area contributed by atoms with Crippen molar-refractivity contribution < 1.29 is 5.21 Å². The average molecular weight is 190 g/mol. The predicted molar refractivity (Wildman–Crippen MR) is 52.4 cm³/mol. The molecule has 2 aromatic heterocycles. The minimum atomic E-state index is 0.0781. The Morgan fingerprint density at radius 2 is 2.43 bits per heavy atom. The minimum Gasteiger partial charge on any atom is -0.409 e. The Bertz CT molecular complexity index is 500. The predicted octanol–water partition coefficient (Wildman–Crippen LogP) is 0.737. The number of hydrogen-bond acceptors (Lipinski definition) is 3. The zero-order chi connectivity index (χ0) is 10.1. The summed E-state index contributed by atoms with van der Waals surface area (Å²) in [7, 11) is 0. The molecule has 0 atom stereocenters. The number of nitrogens with two attached hydrogens (primary N) is 1. The van der Waals surface area contributed by atoms with Crippen LogP contribution in [0.25, 0.3) is 5.52 Å². The molecule has 14 heavy (non-hydrogen) atoms. The molecule has 2 aromatic rings. The topological polar surface area (TPSA) is 75.9 Å². The number of amidine groups is 1. The Labute approximate surface area is 80.5 Å². The van der Waals surface area contributed by atoms with Crippen molar-refractivity contribution in [1.82, 2.24) is 9.61 Å². The SMILES string of the molecule is Cc1cccn2ncc(/C(N)=N\O)c12. The fourth-order valence-corrected chi connectivity index (χ4v) is 1.46. The molecule has 0 fully saturated rings. The maximum Gasteiger partial charge on any atom is 0.173 e. The van der Waals surface area contributed by atoms with Crippen molar-refractivity contribution >= 4 is 11.4 Å². The van der Waals surface area contributed by atoms with Crippen LogP contribution in [0.1, 0.15) is 11.1 Å². The highest BCUT2D eigenvalue weighted by atomic mass is 16.4. The Balaban J connectivity index is 2.80. The van der Waals surface area contributed by atoms with E-state index in [1.807, 2.05) is 25.3 Å². The Hall–Kier alpha value is -2.04. The quantitative estimate of drug-likeness (QED) is 0.301. The van der Waals surface area contributed by atoms with Crippen LogP contribution in [-0.2, 0) is 0 Å². The first-order valence-electron chi connectivity index (χ1n) is 4.15. The van der Waals surface area contributed by atoms with Gasteiger partial charge >= 0.3 is 0 Å². The van der Waals surface area contributed by atoms with E-state index in [1.165, 1.54) is 0 Å². The van der Waals surface area contributed by atoms with Crippen molar-refractivity contribution in [3.8, 4) is 0 Å².